The molecule has 4 aromatic rings. The summed E-state index contributed by atoms with van der Waals surface area (Å²) in [5.74, 6) is 1.30. The van der Waals surface area contributed by atoms with E-state index in [2.05, 4.69) is 35.5 Å². The van der Waals surface area contributed by atoms with Gasteiger partial charge in [-0.15, -0.1) is 0 Å². The molecule has 3 heterocycles. The molecule has 1 saturated heterocycles. The topological polar surface area (TPSA) is 86.3 Å². The van der Waals surface area contributed by atoms with E-state index in [1.807, 2.05) is 23.1 Å². The number of piperidine rings is 1. The van der Waals surface area contributed by atoms with Crippen molar-refractivity contribution >= 4 is 30.7 Å². The van der Waals surface area contributed by atoms with Gasteiger partial charge in [-0.1, -0.05) is 24.3 Å². The van der Waals surface area contributed by atoms with Gasteiger partial charge in [-0.2, -0.15) is 14.9 Å². The lowest BCUT2D eigenvalue weighted by Gasteiger charge is -2.32. The number of aromatic nitrogens is 3. The summed E-state index contributed by atoms with van der Waals surface area (Å²) in [5, 5.41) is 16.9. The van der Waals surface area contributed by atoms with Gasteiger partial charge in [0, 0.05) is 43.0 Å². The summed E-state index contributed by atoms with van der Waals surface area (Å²) < 4.78 is 1.75. The smallest absolute Gasteiger partial charge is 0.253 e. The molecule has 0 aliphatic carbocycles. The van der Waals surface area contributed by atoms with Crippen molar-refractivity contribution in [2.45, 2.75) is 19.8 Å². The highest BCUT2D eigenvalue weighted by Gasteiger charge is 2.24. The lowest BCUT2D eigenvalue weighted by Crippen LogP contribution is -2.40. The quantitative estimate of drug-likeness (QED) is 0.462. The van der Waals surface area contributed by atoms with Gasteiger partial charge in [-0.25, -0.2) is 4.98 Å². The Balaban J connectivity index is 1.27. The molecular weight excluding hydrogens is 435 g/mol. The van der Waals surface area contributed by atoms with Crippen LogP contribution in [0.2, 0.25) is 0 Å². The van der Waals surface area contributed by atoms with Crippen molar-refractivity contribution in [3.05, 3.63) is 77.5 Å². The van der Waals surface area contributed by atoms with Gasteiger partial charge in [0.1, 0.15) is 13.7 Å². The molecule has 0 saturated carbocycles. The van der Waals surface area contributed by atoms with Gasteiger partial charge >= 0.3 is 0 Å². The minimum absolute atomic E-state index is 0.0200. The van der Waals surface area contributed by atoms with Gasteiger partial charge in [0.2, 0.25) is 0 Å². The number of likely N-dealkylation sites (tertiary alicyclic amines) is 1. The fourth-order valence-corrected chi connectivity index (χ4v) is 4.56. The van der Waals surface area contributed by atoms with Crippen LogP contribution in [0.25, 0.3) is 16.9 Å². The van der Waals surface area contributed by atoms with Crippen molar-refractivity contribution in [1.82, 2.24) is 19.5 Å². The predicted octanol–water partition coefficient (Wildman–Crippen LogP) is 3.33. The maximum Gasteiger partial charge on any atom is 0.253 e. The standard InChI is InChI=1S/C27H25BN6O/c1-18-4-2-3-5-22(18)24-14-25(34-26(32-24)23(28)17-31-34)30-16-20-10-12-33(13-11-20)27(35)21-8-6-19(15-29)7-9-21/h2-9,14,17,20,30H,10-13,16H2,1H3. The number of benzene rings is 2. The molecule has 1 aliphatic rings. The number of carbonyl (C=O) groups excluding carboxylic acids is 1. The second-order valence-corrected chi connectivity index (χ2v) is 8.98. The molecule has 35 heavy (non-hydrogen) atoms. The molecule has 7 nitrogen and oxygen atoms in total. The first-order valence-corrected chi connectivity index (χ1v) is 11.8. The van der Waals surface area contributed by atoms with E-state index < -0.39 is 0 Å². The van der Waals surface area contributed by atoms with Gasteiger partial charge in [-0.05, 0) is 61.0 Å². The number of nitrogens with one attached hydrogen (secondary N) is 1. The van der Waals surface area contributed by atoms with Gasteiger partial charge < -0.3 is 10.2 Å². The minimum Gasteiger partial charge on any atom is -0.370 e. The summed E-state index contributed by atoms with van der Waals surface area (Å²) in [5.41, 5.74) is 5.42. The van der Waals surface area contributed by atoms with Crippen LogP contribution in [0.4, 0.5) is 5.82 Å². The molecule has 1 N–H and O–H groups in total. The van der Waals surface area contributed by atoms with Crippen LogP contribution in [0, 0.1) is 24.2 Å². The number of hydrogen-bond acceptors (Lipinski definition) is 5. The van der Waals surface area contributed by atoms with E-state index in [0.29, 0.717) is 41.2 Å². The number of anilines is 1. The van der Waals surface area contributed by atoms with Crippen LogP contribution in [0.1, 0.15) is 34.3 Å². The largest absolute Gasteiger partial charge is 0.370 e. The SMILES string of the molecule is [B]c1cnn2c(NCC3CCN(C(=O)c4ccc(C#N)cc4)CC3)cc(-c3ccccc3C)nc12. The van der Waals surface area contributed by atoms with Crippen LogP contribution in [0.5, 0.6) is 0 Å². The monoisotopic (exact) mass is 460 g/mol. The molecule has 8 heteroatoms. The summed E-state index contributed by atoms with van der Waals surface area (Å²) in [7, 11) is 6.15. The van der Waals surface area contributed by atoms with Gasteiger partial charge in [0.25, 0.3) is 5.91 Å². The third-order valence-electron chi connectivity index (χ3n) is 6.65. The van der Waals surface area contributed by atoms with E-state index in [1.165, 1.54) is 0 Å². The molecule has 0 unspecified atom stereocenters. The highest BCUT2D eigenvalue weighted by molar-refractivity contribution is 6.36. The highest BCUT2D eigenvalue weighted by atomic mass is 16.2. The Kier molecular flexibility index (Phi) is 6.24. The molecular formula is C27H25BN6O. The van der Waals surface area contributed by atoms with E-state index in [0.717, 1.165) is 42.0 Å². The zero-order valence-corrected chi connectivity index (χ0v) is 19.6. The van der Waals surface area contributed by atoms with Crippen molar-refractivity contribution < 1.29 is 4.79 Å². The molecule has 0 bridgehead atoms. The van der Waals surface area contributed by atoms with Crippen molar-refractivity contribution in [2.24, 2.45) is 5.92 Å². The fourth-order valence-electron chi connectivity index (χ4n) is 4.56. The molecule has 1 amide bonds. The number of amides is 1. The molecule has 172 valence electrons. The number of nitrogens with zero attached hydrogens (tertiary/aromatic N) is 5. The lowest BCUT2D eigenvalue weighted by molar-refractivity contribution is 0.0695. The van der Waals surface area contributed by atoms with Crippen LogP contribution in [-0.4, -0.2) is 52.9 Å². The summed E-state index contributed by atoms with van der Waals surface area (Å²) in [6, 6.07) is 19.1. The Morgan fingerprint density at radius 2 is 1.91 bits per heavy atom. The van der Waals surface area contributed by atoms with Crippen molar-refractivity contribution in [1.29, 1.82) is 5.26 Å². The van der Waals surface area contributed by atoms with Gasteiger partial charge in [0.15, 0.2) is 5.65 Å². The Morgan fingerprint density at radius 1 is 1.17 bits per heavy atom. The van der Waals surface area contributed by atoms with E-state index >= 15 is 0 Å². The Hall–Kier alpha value is -4.12. The lowest BCUT2D eigenvalue weighted by atomic mass is 9.96. The van der Waals surface area contributed by atoms with Crippen LogP contribution in [0.15, 0.2) is 60.8 Å². The molecule has 0 atom stereocenters. The zero-order chi connectivity index (χ0) is 24.4. The maximum absolute atomic E-state index is 12.8. The molecule has 1 fully saturated rings. The van der Waals surface area contributed by atoms with Crippen LogP contribution >= 0.6 is 0 Å². The van der Waals surface area contributed by atoms with Gasteiger partial charge in [-0.3, -0.25) is 4.79 Å². The second kappa shape index (κ2) is 9.63. The molecule has 0 spiro atoms. The first-order chi connectivity index (χ1) is 17.0. The molecule has 2 aromatic carbocycles. The van der Waals surface area contributed by atoms with E-state index in [1.54, 1.807) is 35.0 Å². The third kappa shape index (κ3) is 4.62. The molecule has 5 rings (SSSR count). The van der Waals surface area contributed by atoms with Gasteiger partial charge in [0.05, 0.1) is 17.3 Å². The number of aryl methyl sites for hydroxylation is 1. The Morgan fingerprint density at radius 3 is 2.63 bits per heavy atom. The molecule has 2 radical (unpaired) electrons. The van der Waals surface area contributed by atoms with Crippen LogP contribution in [-0.2, 0) is 0 Å². The minimum atomic E-state index is 0.0200. The first kappa shape index (κ1) is 22.7. The first-order valence-electron chi connectivity index (χ1n) is 11.8. The number of nitriles is 1. The van der Waals surface area contributed by atoms with Crippen LogP contribution < -0.4 is 10.8 Å². The second-order valence-electron chi connectivity index (χ2n) is 8.98. The van der Waals surface area contributed by atoms with Crippen molar-refractivity contribution in [3.8, 4) is 17.3 Å². The van der Waals surface area contributed by atoms with Crippen molar-refractivity contribution in [3.63, 3.8) is 0 Å². The maximum atomic E-state index is 12.8. The summed E-state index contributed by atoms with van der Waals surface area (Å²) >= 11 is 0. The zero-order valence-electron chi connectivity index (χ0n) is 19.6. The average Bonchev–Trinajstić information content (AvgIpc) is 3.28. The van der Waals surface area contributed by atoms with Crippen LogP contribution in [0.3, 0.4) is 0 Å². The summed E-state index contributed by atoms with van der Waals surface area (Å²) in [4.78, 5) is 19.5. The Labute approximate surface area is 205 Å². The normalized spacial score (nSPS) is 14.1. The summed E-state index contributed by atoms with van der Waals surface area (Å²) in [6.45, 7) is 4.26. The third-order valence-corrected chi connectivity index (χ3v) is 6.65. The Bertz CT molecular complexity index is 1410. The predicted molar refractivity (Wildman–Crippen MR) is 137 cm³/mol. The van der Waals surface area contributed by atoms with E-state index in [-0.39, 0.29) is 5.91 Å². The summed E-state index contributed by atoms with van der Waals surface area (Å²) in [6.07, 6.45) is 3.45. The fraction of sp³-hybridized carbons (Fsp3) is 0.259. The van der Waals surface area contributed by atoms with E-state index in [9.17, 15) is 4.79 Å². The highest BCUT2D eigenvalue weighted by Crippen LogP contribution is 2.26. The van der Waals surface area contributed by atoms with Crippen molar-refractivity contribution in [2.75, 3.05) is 25.0 Å². The average molecular weight is 460 g/mol. The number of hydrogen-bond donors (Lipinski definition) is 1. The number of rotatable bonds is 5. The van der Waals surface area contributed by atoms with E-state index in [4.69, 9.17) is 18.1 Å². The number of fused-ring (bicyclic) bond motifs is 1. The molecule has 2 aromatic heterocycles. The number of carbonyl (C=O) groups is 1. The molecule has 1 aliphatic heterocycles.